The molecular weight excluding hydrogens is 454 g/mol. The van der Waals surface area contributed by atoms with Crippen molar-refractivity contribution < 1.29 is 27.5 Å². The molecule has 0 bridgehead atoms. The molecule has 0 aliphatic carbocycles. The minimum Gasteiger partial charge on any atom is -0.495 e. The van der Waals surface area contributed by atoms with Crippen LogP contribution in [0.25, 0.3) is 0 Å². The average molecular weight is 480 g/mol. The van der Waals surface area contributed by atoms with Crippen molar-refractivity contribution in [3.05, 3.63) is 58.6 Å². The standard InChI is InChI=1S/C23H26ClNO6S/c1-16(22(26)17-8-7-9-19(24)14-17)31-23(27)18-10-11-20(30-2)21(15-18)32(28,29)25-12-5-3-4-6-13-25/h7-11,14-16H,3-6,12-13H2,1-2H3. The van der Waals surface area contributed by atoms with E-state index in [1.807, 2.05) is 0 Å². The van der Waals surface area contributed by atoms with Crippen LogP contribution in [-0.4, -0.2) is 50.8 Å². The highest BCUT2D eigenvalue weighted by Gasteiger charge is 2.30. The SMILES string of the molecule is COc1ccc(C(=O)OC(C)C(=O)c2cccc(Cl)c2)cc1S(=O)(=O)N1CCCCCC1. The molecule has 1 saturated heterocycles. The van der Waals surface area contributed by atoms with E-state index in [1.54, 1.807) is 18.2 Å². The fourth-order valence-corrected chi connectivity index (χ4v) is 5.47. The molecule has 0 radical (unpaired) electrons. The van der Waals surface area contributed by atoms with E-state index in [1.165, 1.54) is 42.6 Å². The topological polar surface area (TPSA) is 90.0 Å². The van der Waals surface area contributed by atoms with Crippen LogP contribution in [0.3, 0.4) is 0 Å². The van der Waals surface area contributed by atoms with E-state index in [4.69, 9.17) is 21.1 Å². The summed E-state index contributed by atoms with van der Waals surface area (Å²) in [7, 11) is -2.48. The molecule has 32 heavy (non-hydrogen) atoms. The van der Waals surface area contributed by atoms with Gasteiger partial charge in [0.15, 0.2) is 6.10 Å². The lowest BCUT2D eigenvalue weighted by Gasteiger charge is -2.21. The van der Waals surface area contributed by atoms with E-state index in [9.17, 15) is 18.0 Å². The molecule has 2 aromatic rings. The van der Waals surface area contributed by atoms with Gasteiger partial charge < -0.3 is 9.47 Å². The monoisotopic (exact) mass is 479 g/mol. The van der Waals surface area contributed by atoms with Crippen molar-refractivity contribution in [1.29, 1.82) is 0 Å². The van der Waals surface area contributed by atoms with Crippen molar-refractivity contribution in [2.24, 2.45) is 0 Å². The zero-order chi connectivity index (χ0) is 23.3. The van der Waals surface area contributed by atoms with Crippen molar-refractivity contribution in [3.8, 4) is 5.75 Å². The minimum absolute atomic E-state index is 0.0185. The summed E-state index contributed by atoms with van der Waals surface area (Å²) in [5.41, 5.74) is 0.335. The lowest BCUT2D eigenvalue weighted by Crippen LogP contribution is -2.32. The smallest absolute Gasteiger partial charge is 0.338 e. The molecule has 1 aliphatic rings. The summed E-state index contributed by atoms with van der Waals surface area (Å²) in [6.07, 6.45) is 2.45. The maximum atomic E-state index is 13.3. The van der Waals surface area contributed by atoms with Crippen LogP contribution in [0.5, 0.6) is 5.75 Å². The molecule has 0 saturated carbocycles. The molecule has 1 aliphatic heterocycles. The molecule has 0 amide bonds. The number of nitrogens with zero attached hydrogens (tertiary/aromatic N) is 1. The van der Waals surface area contributed by atoms with Crippen molar-refractivity contribution in [3.63, 3.8) is 0 Å². The van der Waals surface area contributed by atoms with Gasteiger partial charge in [0.25, 0.3) is 0 Å². The van der Waals surface area contributed by atoms with Gasteiger partial charge in [0, 0.05) is 23.7 Å². The zero-order valence-electron chi connectivity index (χ0n) is 18.0. The zero-order valence-corrected chi connectivity index (χ0v) is 19.6. The Morgan fingerprint density at radius 3 is 2.31 bits per heavy atom. The Balaban J connectivity index is 1.83. The van der Waals surface area contributed by atoms with Gasteiger partial charge in [-0.2, -0.15) is 4.31 Å². The summed E-state index contributed by atoms with van der Waals surface area (Å²) in [5.74, 6) is -1.07. The molecule has 172 valence electrons. The summed E-state index contributed by atoms with van der Waals surface area (Å²) in [5, 5.41) is 0.396. The van der Waals surface area contributed by atoms with Gasteiger partial charge in [-0.3, -0.25) is 4.79 Å². The number of rotatable bonds is 7. The van der Waals surface area contributed by atoms with Crippen LogP contribution >= 0.6 is 11.6 Å². The number of methoxy groups -OCH3 is 1. The van der Waals surface area contributed by atoms with Crippen molar-refractivity contribution in [2.75, 3.05) is 20.2 Å². The number of sulfonamides is 1. The third-order valence-electron chi connectivity index (χ3n) is 5.34. The number of carbonyl (C=O) groups is 2. The first kappa shape index (κ1) is 24.2. The molecule has 9 heteroatoms. The predicted octanol–water partition coefficient (Wildman–Crippen LogP) is 4.34. The van der Waals surface area contributed by atoms with Crippen molar-refractivity contribution >= 4 is 33.4 Å². The van der Waals surface area contributed by atoms with E-state index in [0.717, 1.165) is 25.7 Å². The van der Waals surface area contributed by atoms with Crippen LogP contribution in [0.2, 0.25) is 5.02 Å². The number of halogens is 1. The fraction of sp³-hybridized carbons (Fsp3) is 0.391. The predicted molar refractivity (Wildman–Crippen MR) is 121 cm³/mol. The second kappa shape index (κ2) is 10.5. The Bertz CT molecular complexity index is 1090. The molecule has 7 nitrogen and oxygen atoms in total. The van der Waals surface area contributed by atoms with Crippen LogP contribution in [0.15, 0.2) is 47.4 Å². The van der Waals surface area contributed by atoms with Gasteiger partial charge in [-0.15, -0.1) is 0 Å². The third kappa shape index (κ3) is 5.49. The Labute approximate surface area is 193 Å². The Morgan fingerprint density at radius 2 is 1.69 bits per heavy atom. The molecule has 2 aromatic carbocycles. The number of hydrogen-bond donors (Lipinski definition) is 0. The molecule has 3 rings (SSSR count). The van der Waals surface area contributed by atoms with E-state index in [2.05, 4.69) is 0 Å². The second-order valence-electron chi connectivity index (χ2n) is 7.61. The van der Waals surface area contributed by atoms with E-state index in [0.29, 0.717) is 23.7 Å². The highest BCUT2D eigenvalue weighted by atomic mass is 35.5. The lowest BCUT2D eigenvalue weighted by atomic mass is 10.1. The number of hydrogen-bond acceptors (Lipinski definition) is 6. The van der Waals surface area contributed by atoms with Gasteiger partial charge in [0.05, 0.1) is 12.7 Å². The summed E-state index contributed by atoms with van der Waals surface area (Å²) >= 11 is 5.93. The van der Waals surface area contributed by atoms with Crippen LogP contribution in [-0.2, 0) is 14.8 Å². The molecule has 0 N–H and O–H groups in total. The third-order valence-corrected chi connectivity index (χ3v) is 7.50. The van der Waals surface area contributed by atoms with Crippen molar-refractivity contribution in [2.45, 2.75) is 43.6 Å². The van der Waals surface area contributed by atoms with Gasteiger partial charge >= 0.3 is 5.97 Å². The van der Waals surface area contributed by atoms with E-state index < -0.39 is 27.9 Å². The van der Waals surface area contributed by atoms with E-state index in [-0.39, 0.29) is 16.2 Å². The first-order chi connectivity index (χ1) is 15.2. The molecular formula is C23H26ClNO6S. The molecule has 1 unspecified atom stereocenters. The van der Waals surface area contributed by atoms with Crippen molar-refractivity contribution in [1.82, 2.24) is 4.31 Å². The summed E-state index contributed by atoms with van der Waals surface area (Å²) in [6.45, 7) is 2.30. The van der Waals surface area contributed by atoms with Gasteiger partial charge in [-0.1, -0.05) is 36.6 Å². The highest BCUT2D eigenvalue weighted by molar-refractivity contribution is 7.89. The van der Waals surface area contributed by atoms with Gasteiger partial charge in [-0.05, 0) is 50.1 Å². The maximum Gasteiger partial charge on any atom is 0.338 e. The number of ether oxygens (including phenoxy) is 2. The van der Waals surface area contributed by atoms with Gasteiger partial charge in [-0.25, -0.2) is 13.2 Å². The number of esters is 1. The number of carbonyl (C=O) groups excluding carboxylic acids is 2. The van der Waals surface area contributed by atoms with E-state index >= 15 is 0 Å². The van der Waals surface area contributed by atoms with Crippen LogP contribution in [0, 0.1) is 0 Å². The lowest BCUT2D eigenvalue weighted by molar-refractivity contribution is 0.0318. The molecule has 0 spiro atoms. The summed E-state index contributed by atoms with van der Waals surface area (Å²) < 4.78 is 38.5. The Hall–Kier alpha value is -2.42. The average Bonchev–Trinajstić information content (AvgIpc) is 3.08. The number of ketones is 1. The molecule has 0 aromatic heterocycles. The van der Waals surface area contributed by atoms with Gasteiger partial charge in [0.1, 0.15) is 10.6 Å². The normalized spacial score (nSPS) is 16.1. The van der Waals surface area contributed by atoms with Crippen LogP contribution in [0.4, 0.5) is 0 Å². The first-order valence-corrected chi connectivity index (χ1v) is 12.2. The summed E-state index contributed by atoms with van der Waals surface area (Å²) in [4.78, 5) is 25.2. The Morgan fingerprint density at radius 1 is 1.00 bits per heavy atom. The minimum atomic E-state index is -3.86. The molecule has 1 atom stereocenters. The summed E-state index contributed by atoms with van der Waals surface area (Å²) in [6, 6.07) is 10.4. The van der Waals surface area contributed by atoms with Crippen LogP contribution < -0.4 is 4.74 Å². The fourth-order valence-electron chi connectivity index (χ4n) is 3.58. The second-order valence-corrected chi connectivity index (χ2v) is 9.95. The Kier molecular flexibility index (Phi) is 7.92. The highest BCUT2D eigenvalue weighted by Crippen LogP contribution is 2.30. The molecule has 1 fully saturated rings. The number of Topliss-reactive ketones (excluding diaryl/α,β-unsaturated/α-hetero) is 1. The maximum absolute atomic E-state index is 13.3. The number of benzene rings is 2. The quantitative estimate of drug-likeness (QED) is 0.433. The first-order valence-electron chi connectivity index (χ1n) is 10.4. The van der Waals surface area contributed by atoms with Crippen LogP contribution in [0.1, 0.15) is 53.3 Å². The molecule has 1 heterocycles. The van der Waals surface area contributed by atoms with Gasteiger partial charge in [0.2, 0.25) is 15.8 Å². The largest absolute Gasteiger partial charge is 0.495 e.